The molecule has 23 heavy (non-hydrogen) atoms. The van der Waals surface area contributed by atoms with Crippen LogP contribution >= 0.6 is 0 Å². The van der Waals surface area contributed by atoms with Gasteiger partial charge in [-0.1, -0.05) is 31.2 Å². The van der Waals surface area contributed by atoms with Crippen molar-refractivity contribution < 1.29 is 9.18 Å². The molecule has 2 aromatic carbocycles. The summed E-state index contributed by atoms with van der Waals surface area (Å²) in [5.41, 5.74) is 1.80. The lowest BCUT2D eigenvalue weighted by atomic mass is 9.98. The highest BCUT2D eigenvalue weighted by atomic mass is 19.1. The van der Waals surface area contributed by atoms with E-state index in [9.17, 15) is 9.18 Å². The Bertz CT molecular complexity index is 693. The molecule has 0 atom stereocenters. The van der Waals surface area contributed by atoms with E-state index in [0.29, 0.717) is 0 Å². The van der Waals surface area contributed by atoms with E-state index >= 15 is 0 Å². The molecule has 3 rings (SSSR count). The third kappa shape index (κ3) is 3.52. The van der Waals surface area contributed by atoms with E-state index in [-0.39, 0.29) is 5.56 Å². The Morgan fingerprint density at radius 3 is 2.48 bits per heavy atom. The highest BCUT2D eigenvalue weighted by Crippen LogP contribution is 2.30. The largest absolute Gasteiger partial charge is 0.370 e. The molecule has 1 amide bonds. The first-order valence-corrected chi connectivity index (χ1v) is 8.05. The van der Waals surface area contributed by atoms with Crippen molar-refractivity contribution >= 4 is 17.3 Å². The van der Waals surface area contributed by atoms with Crippen molar-refractivity contribution in [2.75, 3.05) is 23.3 Å². The first-order valence-electron chi connectivity index (χ1n) is 8.05. The van der Waals surface area contributed by atoms with Crippen LogP contribution in [0, 0.1) is 11.7 Å². The molecule has 2 aromatic rings. The SMILES string of the molecule is CC1CCN(c2ccccc2NC(=O)c2ccccc2F)CC1. The smallest absolute Gasteiger partial charge is 0.258 e. The summed E-state index contributed by atoms with van der Waals surface area (Å²) >= 11 is 0. The summed E-state index contributed by atoms with van der Waals surface area (Å²) < 4.78 is 13.8. The minimum Gasteiger partial charge on any atom is -0.370 e. The first-order chi connectivity index (χ1) is 11.1. The highest BCUT2D eigenvalue weighted by Gasteiger charge is 2.19. The van der Waals surface area contributed by atoms with Crippen molar-refractivity contribution in [3.63, 3.8) is 0 Å². The minimum atomic E-state index is -0.505. The third-order valence-electron chi connectivity index (χ3n) is 4.40. The van der Waals surface area contributed by atoms with Crippen LogP contribution < -0.4 is 10.2 Å². The van der Waals surface area contributed by atoms with E-state index in [1.54, 1.807) is 12.1 Å². The van der Waals surface area contributed by atoms with Gasteiger partial charge in [-0.15, -0.1) is 0 Å². The molecule has 0 saturated carbocycles. The fourth-order valence-corrected chi connectivity index (χ4v) is 2.94. The van der Waals surface area contributed by atoms with Crippen LogP contribution in [0.25, 0.3) is 0 Å². The van der Waals surface area contributed by atoms with Gasteiger partial charge in [0.05, 0.1) is 16.9 Å². The predicted octanol–water partition coefficient (Wildman–Crippen LogP) is 4.31. The zero-order valence-electron chi connectivity index (χ0n) is 13.3. The van der Waals surface area contributed by atoms with Gasteiger partial charge in [-0.25, -0.2) is 4.39 Å². The average Bonchev–Trinajstić information content (AvgIpc) is 2.56. The van der Waals surface area contributed by atoms with Gasteiger partial charge in [-0.2, -0.15) is 0 Å². The Labute approximate surface area is 136 Å². The fourth-order valence-electron chi connectivity index (χ4n) is 2.94. The van der Waals surface area contributed by atoms with Gasteiger partial charge in [0.25, 0.3) is 5.91 Å². The third-order valence-corrected chi connectivity index (χ3v) is 4.40. The molecule has 1 aliphatic rings. The van der Waals surface area contributed by atoms with Gasteiger partial charge >= 0.3 is 0 Å². The number of halogens is 1. The van der Waals surface area contributed by atoms with Crippen LogP contribution in [-0.4, -0.2) is 19.0 Å². The maximum absolute atomic E-state index is 13.8. The minimum absolute atomic E-state index is 0.0644. The quantitative estimate of drug-likeness (QED) is 0.915. The molecule has 1 N–H and O–H groups in total. The maximum atomic E-state index is 13.8. The number of para-hydroxylation sites is 2. The normalized spacial score (nSPS) is 15.5. The Morgan fingerprint density at radius 2 is 1.74 bits per heavy atom. The second-order valence-electron chi connectivity index (χ2n) is 6.12. The van der Waals surface area contributed by atoms with Gasteiger partial charge in [0.1, 0.15) is 5.82 Å². The van der Waals surface area contributed by atoms with Crippen molar-refractivity contribution in [1.29, 1.82) is 0 Å². The molecule has 0 bridgehead atoms. The van der Waals surface area contributed by atoms with Gasteiger partial charge in [0.15, 0.2) is 0 Å². The Morgan fingerprint density at radius 1 is 1.09 bits per heavy atom. The number of carbonyl (C=O) groups excluding carboxylic acids is 1. The van der Waals surface area contributed by atoms with E-state index in [1.807, 2.05) is 24.3 Å². The molecule has 0 unspecified atom stereocenters. The monoisotopic (exact) mass is 312 g/mol. The summed E-state index contributed by atoms with van der Waals surface area (Å²) in [7, 11) is 0. The second-order valence-corrected chi connectivity index (χ2v) is 6.12. The number of nitrogens with zero attached hydrogens (tertiary/aromatic N) is 1. The van der Waals surface area contributed by atoms with Crippen molar-refractivity contribution in [1.82, 2.24) is 0 Å². The van der Waals surface area contributed by atoms with Crippen LogP contribution in [0.5, 0.6) is 0 Å². The van der Waals surface area contributed by atoms with E-state index in [4.69, 9.17) is 0 Å². The predicted molar refractivity (Wildman–Crippen MR) is 91.4 cm³/mol. The average molecular weight is 312 g/mol. The molecule has 0 aliphatic carbocycles. The summed E-state index contributed by atoms with van der Waals surface area (Å²) in [4.78, 5) is 14.6. The van der Waals surface area contributed by atoms with Gasteiger partial charge in [0.2, 0.25) is 0 Å². The molecule has 1 saturated heterocycles. The second kappa shape index (κ2) is 6.82. The maximum Gasteiger partial charge on any atom is 0.258 e. The van der Waals surface area contributed by atoms with Crippen molar-refractivity contribution in [3.05, 3.63) is 59.9 Å². The molecule has 0 aromatic heterocycles. The van der Waals surface area contributed by atoms with Crippen molar-refractivity contribution in [2.24, 2.45) is 5.92 Å². The van der Waals surface area contributed by atoms with E-state index in [2.05, 4.69) is 17.1 Å². The number of rotatable bonds is 3. The van der Waals surface area contributed by atoms with Crippen LogP contribution in [0.3, 0.4) is 0 Å². The van der Waals surface area contributed by atoms with Crippen LogP contribution in [0.2, 0.25) is 0 Å². The number of hydrogen-bond acceptors (Lipinski definition) is 2. The number of anilines is 2. The molecule has 1 aliphatic heterocycles. The number of piperidine rings is 1. The van der Waals surface area contributed by atoms with Crippen molar-refractivity contribution in [2.45, 2.75) is 19.8 Å². The molecular weight excluding hydrogens is 291 g/mol. The number of carbonyl (C=O) groups is 1. The van der Waals surface area contributed by atoms with E-state index in [0.717, 1.165) is 43.2 Å². The number of amides is 1. The van der Waals surface area contributed by atoms with Crippen LogP contribution in [0.4, 0.5) is 15.8 Å². The van der Waals surface area contributed by atoms with Gasteiger partial charge in [0, 0.05) is 13.1 Å². The summed E-state index contributed by atoms with van der Waals surface area (Å²) in [5.74, 6) is -0.179. The Balaban J connectivity index is 1.81. The molecular formula is C19H21FN2O. The van der Waals surface area contributed by atoms with Gasteiger partial charge in [-0.3, -0.25) is 4.79 Å². The van der Waals surface area contributed by atoms with Crippen LogP contribution in [0.1, 0.15) is 30.1 Å². The highest BCUT2D eigenvalue weighted by molar-refractivity contribution is 6.06. The number of benzene rings is 2. The molecule has 0 spiro atoms. The van der Waals surface area contributed by atoms with Gasteiger partial charge < -0.3 is 10.2 Å². The Hall–Kier alpha value is -2.36. The summed E-state index contributed by atoms with van der Waals surface area (Å²) in [6.45, 7) is 4.23. The standard InChI is InChI=1S/C19H21FN2O/c1-14-10-12-22(13-11-14)18-9-5-4-8-17(18)21-19(23)15-6-2-3-7-16(15)20/h2-9,14H,10-13H2,1H3,(H,21,23). The van der Waals surface area contributed by atoms with E-state index in [1.165, 1.54) is 12.1 Å². The first kappa shape index (κ1) is 15.5. The van der Waals surface area contributed by atoms with Gasteiger partial charge in [-0.05, 0) is 43.0 Å². The molecule has 1 heterocycles. The molecule has 1 fully saturated rings. The lowest BCUT2D eigenvalue weighted by Crippen LogP contribution is -2.33. The molecule has 0 radical (unpaired) electrons. The summed E-state index contributed by atoms with van der Waals surface area (Å²) in [6.07, 6.45) is 2.30. The number of nitrogens with one attached hydrogen (secondary N) is 1. The summed E-state index contributed by atoms with van der Waals surface area (Å²) in [5, 5.41) is 2.86. The zero-order chi connectivity index (χ0) is 16.2. The molecule has 120 valence electrons. The Kier molecular flexibility index (Phi) is 4.60. The van der Waals surface area contributed by atoms with E-state index < -0.39 is 11.7 Å². The molecule has 3 nitrogen and oxygen atoms in total. The van der Waals surface area contributed by atoms with Crippen LogP contribution in [0.15, 0.2) is 48.5 Å². The number of hydrogen-bond donors (Lipinski definition) is 1. The summed E-state index contributed by atoms with van der Waals surface area (Å²) in [6, 6.07) is 13.8. The van der Waals surface area contributed by atoms with Crippen molar-refractivity contribution in [3.8, 4) is 0 Å². The molecule has 4 heteroatoms. The lowest BCUT2D eigenvalue weighted by Gasteiger charge is -2.33. The lowest BCUT2D eigenvalue weighted by molar-refractivity contribution is 0.102. The zero-order valence-corrected chi connectivity index (χ0v) is 13.3. The fraction of sp³-hybridized carbons (Fsp3) is 0.316. The van der Waals surface area contributed by atoms with Crippen LogP contribution in [-0.2, 0) is 0 Å². The topological polar surface area (TPSA) is 32.3 Å².